The number of rotatable bonds is 3. The van der Waals surface area contributed by atoms with Crippen molar-refractivity contribution in [1.82, 2.24) is 20.0 Å². The van der Waals surface area contributed by atoms with Gasteiger partial charge in [0.1, 0.15) is 0 Å². The molecule has 1 N–H and O–H groups in total. The number of hydrogen-bond donors (Lipinski definition) is 1. The Balaban J connectivity index is 1.66. The summed E-state index contributed by atoms with van der Waals surface area (Å²) in [7, 11) is 0. The quantitative estimate of drug-likeness (QED) is 0.931. The van der Waals surface area contributed by atoms with E-state index in [4.69, 9.17) is 4.74 Å². The summed E-state index contributed by atoms with van der Waals surface area (Å²) in [6, 6.07) is 2.64. The molecular formula is C16H26N4O2. The summed E-state index contributed by atoms with van der Waals surface area (Å²) in [5.74, 6) is 0. The molecule has 2 fully saturated rings. The van der Waals surface area contributed by atoms with E-state index >= 15 is 0 Å². The number of aromatic nitrogens is 2. The molecule has 3 rings (SSSR count). The smallest absolute Gasteiger partial charge is 0.318 e. The molecule has 1 aromatic heterocycles. The third-order valence-corrected chi connectivity index (χ3v) is 4.86. The van der Waals surface area contributed by atoms with E-state index < -0.39 is 0 Å². The predicted octanol–water partition coefficient (Wildman–Crippen LogP) is 2.19. The summed E-state index contributed by atoms with van der Waals surface area (Å²) in [4.78, 5) is 14.6. The Labute approximate surface area is 131 Å². The number of amides is 2. The Bertz CT molecular complexity index is 477. The average molecular weight is 306 g/mol. The van der Waals surface area contributed by atoms with Gasteiger partial charge in [-0.15, -0.1) is 0 Å². The summed E-state index contributed by atoms with van der Waals surface area (Å²) in [5.41, 5.74) is 0. The normalized spacial score (nSPS) is 29.3. The van der Waals surface area contributed by atoms with Crippen LogP contribution in [0.25, 0.3) is 0 Å². The molecule has 6 heteroatoms. The lowest BCUT2D eigenvalue weighted by Crippen LogP contribution is -2.55. The molecule has 1 aliphatic heterocycles. The molecule has 0 radical (unpaired) electrons. The third kappa shape index (κ3) is 3.27. The lowest BCUT2D eigenvalue weighted by atomic mass is 9.90. The molecule has 1 saturated heterocycles. The molecule has 0 spiro atoms. The van der Waals surface area contributed by atoms with Gasteiger partial charge in [-0.25, -0.2) is 4.79 Å². The summed E-state index contributed by atoms with van der Waals surface area (Å²) in [6.07, 6.45) is 9.21. The van der Waals surface area contributed by atoms with Crippen LogP contribution in [-0.2, 0) is 4.74 Å². The zero-order valence-corrected chi connectivity index (χ0v) is 13.3. The van der Waals surface area contributed by atoms with Gasteiger partial charge in [0, 0.05) is 18.9 Å². The molecule has 1 aromatic rings. The molecule has 3 atom stereocenters. The van der Waals surface area contributed by atoms with Crippen LogP contribution in [0.3, 0.4) is 0 Å². The minimum atomic E-state index is 0.0548. The van der Waals surface area contributed by atoms with Crippen molar-refractivity contribution in [3.63, 3.8) is 0 Å². The van der Waals surface area contributed by atoms with Crippen LogP contribution in [0.1, 0.15) is 45.1 Å². The molecule has 0 aromatic carbocycles. The second kappa shape index (κ2) is 7.13. The van der Waals surface area contributed by atoms with E-state index in [1.165, 1.54) is 12.8 Å². The van der Waals surface area contributed by atoms with Crippen molar-refractivity contribution in [2.45, 2.75) is 57.2 Å². The van der Waals surface area contributed by atoms with Gasteiger partial charge in [-0.3, -0.25) is 4.68 Å². The number of ether oxygens (including phenoxy) is 1. The summed E-state index contributed by atoms with van der Waals surface area (Å²) in [6.45, 7) is 4.07. The van der Waals surface area contributed by atoms with Crippen LogP contribution in [0.15, 0.2) is 18.5 Å². The maximum atomic E-state index is 12.7. The summed E-state index contributed by atoms with van der Waals surface area (Å²) < 4.78 is 7.49. The largest absolute Gasteiger partial charge is 0.377 e. The molecule has 2 amide bonds. The Hall–Kier alpha value is -1.56. The summed E-state index contributed by atoms with van der Waals surface area (Å²) in [5, 5.41) is 7.63. The van der Waals surface area contributed by atoms with Crippen LogP contribution in [0, 0.1) is 0 Å². The van der Waals surface area contributed by atoms with Crippen molar-refractivity contribution in [3.8, 4) is 0 Å². The van der Waals surface area contributed by atoms with E-state index in [0.29, 0.717) is 19.8 Å². The topological polar surface area (TPSA) is 59.4 Å². The maximum absolute atomic E-state index is 12.7. The van der Waals surface area contributed by atoms with E-state index in [1.807, 2.05) is 28.0 Å². The predicted molar refractivity (Wildman–Crippen MR) is 83.7 cm³/mol. The Morgan fingerprint density at radius 2 is 2.27 bits per heavy atom. The standard InChI is InChI=1S/C16H26N4O2/c1-2-13-12-22-11-10-19(13)16(21)18-14-6-3-4-7-15(14)20-9-5-8-17-20/h5,8-9,13-15H,2-4,6-7,10-12H2,1H3,(H,18,21). The van der Waals surface area contributed by atoms with Gasteiger partial charge in [0.05, 0.1) is 31.3 Å². The van der Waals surface area contributed by atoms with Crippen LogP contribution in [0.4, 0.5) is 4.79 Å². The lowest BCUT2D eigenvalue weighted by molar-refractivity contribution is 0.00989. The first-order valence-corrected chi connectivity index (χ1v) is 8.43. The highest BCUT2D eigenvalue weighted by Gasteiger charge is 2.32. The van der Waals surface area contributed by atoms with Crippen molar-refractivity contribution in [3.05, 3.63) is 18.5 Å². The highest BCUT2D eigenvalue weighted by molar-refractivity contribution is 5.75. The molecule has 0 bridgehead atoms. The van der Waals surface area contributed by atoms with Gasteiger partial charge in [0.15, 0.2) is 0 Å². The van der Waals surface area contributed by atoms with Crippen molar-refractivity contribution in [2.75, 3.05) is 19.8 Å². The van der Waals surface area contributed by atoms with Crippen LogP contribution < -0.4 is 5.32 Å². The van der Waals surface area contributed by atoms with E-state index in [1.54, 1.807) is 0 Å². The molecular weight excluding hydrogens is 280 g/mol. The minimum Gasteiger partial charge on any atom is -0.377 e. The zero-order chi connectivity index (χ0) is 15.4. The molecule has 1 saturated carbocycles. The van der Waals surface area contributed by atoms with Gasteiger partial charge in [0.2, 0.25) is 0 Å². The highest BCUT2D eigenvalue weighted by atomic mass is 16.5. The van der Waals surface area contributed by atoms with Crippen LogP contribution in [0.5, 0.6) is 0 Å². The number of nitrogens with one attached hydrogen (secondary N) is 1. The number of carbonyl (C=O) groups excluding carboxylic acids is 1. The summed E-state index contributed by atoms with van der Waals surface area (Å²) >= 11 is 0. The molecule has 2 heterocycles. The first kappa shape index (κ1) is 15.3. The third-order valence-electron chi connectivity index (χ3n) is 4.86. The van der Waals surface area contributed by atoms with Crippen LogP contribution >= 0.6 is 0 Å². The first-order valence-electron chi connectivity index (χ1n) is 8.43. The van der Waals surface area contributed by atoms with Crippen molar-refractivity contribution >= 4 is 6.03 Å². The van der Waals surface area contributed by atoms with Crippen molar-refractivity contribution < 1.29 is 9.53 Å². The van der Waals surface area contributed by atoms with E-state index in [-0.39, 0.29) is 24.2 Å². The van der Waals surface area contributed by atoms with E-state index in [0.717, 1.165) is 19.3 Å². The number of carbonyl (C=O) groups is 1. The fourth-order valence-electron chi connectivity index (χ4n) is 3.58. The number of hydrogen-bond acceptors (Lipinski definition) is 3. The molecule has 22 heavy (non-hydrogen) atoms. The minimum absolute atomic E-state index is 0.0548. The molecule has 6 nitrogen and oxygen atoms in total. The molecule has 122 valence electrons. The average Bonchev–Trinajstić information content (AvgIpc) is 3.09. The lowest BCUT2D eigenvalue weighted by Gasteiger charge is -2.38. The van der Waals surface area contributed by atoms with Crippen molar-refractivity contribution in [1.29, 1.82) is 0 Å². The fourth-order valence-corrected chi connectivity index (χ4v) is 3.58. The molecule has 2 aliphatic rings. The zero-order valence-electron chi connectivity index (χ0n) is 13.3. The fraction of sp³-hybridized carbons (Fsp3) is 0.750. The maximum Gasteiger partial charge on any atom is 0.318 e. The van der Waals surface area contributed by atoms with Gasteiger partial charge in [-0.2, -0.15) is 5.10 Å². The molecule has 1 aliphatic carbocycles. The monoisotopic (exact) mass is 306 g/mol. The number of nitrogens with zero attached hydrogens (tertiary/aromatic N) is 3. The van der Waals surface area contributed by atoms with Crippen LogP contribution in [-0.4, -0.2) is 52.6 Å². The van der Waals surface area contributed by atoms with Gasteiger partial charge >= 0.3 is 6.03 Å². The van der Waals surface area contributed by atoms with Crippen molar-refractivity contribution in [2.24, 2.45) is 0 Å². The SMILES string of the molecule is CCC1COCCN1C(=O)NC1CCCCC1n1cccn1. The molecule has 3 unspecified atom stereocenters. The Morgan fingerprint density at radius 3 is 3.05 bits per heavy atom. The Morgan fingerprint density at radius 1 is 1.41 bits per heavy atom. The second-order valence-corrected chi connectivity index (χ2v) is 6.22. The van der Waals surface area contributed by atoms with Gasteiger partial charge in [-0.05, 0) is 25.3 Å². The first-order chi connectivity index (χ1) is 10.8. The van der Waals surface area contributed by atoms with Crippen LogP contribution in [0.2, 0.25) is 0 Å². The van der Waals surface area contributed by atoms with Gasteiger partial charge in [0.25, 0.3) is 0 Å². The van der Waals surface area contributed by atoms with Gasteiger partial charge in [-0.1, -0.05) is 19.8 Å². The number of urea groups is 1. The Kier molecular flexibility index (Phi) is 4.97. The second-order valence-electron chi connectivity index (χ2n) is 6.22. The van der Waals surface area contributed by atoms with E-state index in [2.05, 4.69) is 17.3 Å². The van der Waals surface area contributed by atoms with Gasteiger partial charge < -0.3 is 15.0 Å². The highest BCUT2D eigenvalue weighted by Crippen LogP contribution is 2.28. The van der Waals surface area contributed by atoms with E-state index in [9.17, 15) is 4.79 Å². The number of morpholine rings is 1.